The first-order valence-corrected chi connectivity index (χ1v) is 27.7. The first-order valence-electron chi connectivity index (χ1n) is 27.7. The Morgan fingerprint density at radius 2 is 0.652 bits per heavy atom. The smallest absolute Gasteiger partial charge is 0.493 e. The van der Waals surface area contributed by atoms with Crippen LogP contribution in [0.2, 0.25) is 0 Å². The summed E-state index contributed by atoms with van der Waals surface area (Å²) in [5.41, 5.74) is 25.2. The predicted molar refractivity (Wildman–Crippen MR) is 293 cm³/mol. The van der Waals surface area contributed by atoms with E-state index in [1.807, 2.05) is 0 Å². The summed E-state index contributed by atoms with van der Waals surface area (Å²) < 4.78 is 1.64. The van der Waals surface area contributed by atoms with Gasteiger partial charge in [-0.25, -0.2) is 43.9 Å². The molecule has 3 heteroatoms. The molecule has 0 saturated heterocycles. The standard InChI is InChI=1S/C57H94N2.2C3H5.Ni/c1-7-11-15-18-19-20-21-22-23-24-25-26-27-28-29-30-31-32-33-34-37-41-55-54(40-14-10-4)57(59(58)56(55)52-43-48(5)42-49(6)44-52)53-46-50(38-35-16-12-8-2)45-51(47-53)39-36-17-13-9-3;2*1-3-2;/h42-47H,7-41H2,1-6H3;2*3H,1-2H2;/q;2*-1;+2. The summed E-state index contributed by atoms with van der Waals surface area (Å²) in [7, 11) is 0. The van der Waals surface area contributed by atoms with E-state index in [0.717, 1.165) is 49.9 Å². The van der Waals surface area contributed by atoms with Gasteiger partial charge in [0.25, 0.3) is 0 Å². The SMILES string of the molecule is C=C[CH2-].C=C[CH2-].CCCCCCCCCCCCCCCCCCCCCCCC1=C(c2cc(C)cc(C)c2)[N+](=[N-])C(c2cc(CCCCCC)cc(CCCCCC)c2)=C1CCCC.[Ni+2]. The van der Waals surface area contributed by atoms with Gasteiger partial charge in [-0.1, -0.05) is 224 Å². The Morgan fingerprint density at radius 3 is 0.985 bits per heavy atom. The molecule has 376 valence electrons. The largest absolute Gasteiger partial charge is 2.00 e. The summed E-state index contributed by atoms with van der Waals surface area (Å²) >= 11 is 0. The van der Waals surface area contributed by atoms with Gasteiger partial charge in [-0.3, -0.25) is 0 Å². The van der Waals surface area contributed by atoms with Gasteiger partial charge in [-0.15, -0.1) is 0 Å². The van der Waals surface area contributed by atoms with Gasteiger partial charge in [-0.05, 0) is 101 Å². The first-order chi connectivity index (χ1) is 31.8. The summed E-state index contributed by atoms with van der Waals surface area (Å²) in [5, 5.41) is 0. The van der Waals surface area contributed by atoms with Gasteiger partial charge in [0.1, 0.15) is 0 Å². The van der Waals surface area contributed by atoms with Gasteiger partial charge in [0.2, 0.25) is 11.4 Å². The molecule has 2 aromatic rings. The molecule has 0 aliphatic carbocycles. The average molecular weight is 948 g/mol. The van der Waals surface area contributed by atoms with Crippen LogP contribution in [0.15, 0.2) is 72.9 Å². The second-order valence-corrected chi connectivity index (χ2v) is 19.5. The van der Waals surface area contributed by atoms with Crippen molar-refractivity contribution in [3.8, 4) is 0 Å². The second-order valence-electron chi connectivity index (χ2n) is 19.5. The maximum absolute atomic E-state index is 12.4. The van der Waals surface area contributed by atoms with Crippen LogP contribution in [0.3, 0.4) is 0 Å². The molecule has 0 atom stereocenters. The third kappa shape index (κ3) is 28.5. The monoisotopic (exact) mass is 947 g/mol. The van der Waals surface area contributed by atoms with Crippen molar-refractivity contribution >= 4 is 11.4 Å². The van der Waals surface area contributed by atoms with Crippen LogP contribution in [-0.4, -0.2) is 4.70 Å². The molecule has 0 radical (unpaired) electrons. The molecule has 0 N–H and O–H groups in total. The zero-order valence-electron chi connectivity index (χ0n) is 44.4. The van der Waals surface area contributed by atoms with E-state index in [0.29, 0.717) is 0 Å². The summed E-state index contributed by atoms with van der Waals surface area (Å²) in [5.74, 6) is 0. The Morgan fingerprint density at radius 1 is 0.394 bits per heavy atom. The molecule has 3 rings (SSSR count). The van der Waals surface area contributed by atoms with Gasteiger partial charge >= 0.3 is 16.5 Å². The van der Waals surface area contributed by atoms with E-state index in [9.17, 15) is 5.53 Å². The average Bonchev–Trinajstić information content (AvgIpc) is 3.56. The van der Waals surface area contributed by atoms with Gasteiger partial charge < -0.3 is 5.53 Å². The minimum Gasteiger partial charge on any atom is -0.493 e. The quantitative estimate of drug-likeness (QED) is 0.0279. The maximum Gasteiger partial charge on any atom is 2.00 e. The molecule has 0 amide bonds. The van der Waals surface area contributed by atoms with Crippen molar-refractivity contribution in [2.45, 2.75) is 266 Å². The molecule has 2 nitrogen and oxygen atoms in total. The second kappa shape index (κ2) is 43.5. The molecule has 66 heavy (non-hydrogen) atoms. The molecule has 0 bridgehead atoms. The number of rotatable bonds is 37. The van der Waals surface area contributed by atoms with Gasteiger partial charge in [0.15, 0.2) is 0 Å². The fourth-order valence-corrected chi connectivity index (χ4v) is 9.68. The van der Waals surface area contributed by atoms with E-state index in [1.54, 1.807) is 4.70 Å². The van der Waals surface area contributed by atoms with Crippen LogP contribution in [0.4, 0.5) is 0 Å². The van der Waals surface area contributed by atoms with Gasteiger partial charge in [0, 0.05) is 22.3 Å². The third-order valence-electron chi connectivity index (χ3n) is 13.1. The molecule has 1 heterocycles. The van der Waals surface area contributed by atoms with E-state index in [4.69, 9.17) is 0 Å². The van der Waals surface area contributed by atoms with Crippen LogP contribution in [0.5, 0.6) is 0 Å². The van der Waals surface area contributed by atoms with Crippen molar-refractivity contribution in [1.82, 2.24) is 0 Å². The Bertz CT molecular complexity index is 1540. The Hall–Kier alpha value is -2.77. The maximum atomic E-state index is 12.4. The summed E-state index contributed by atoms with van der Waals surface area (Å²) in [6.45, 7) is 26.6. The molecule has 0 saturated carbocycles. The van der Waals surface area contributed by atoms with Crippen LogP contribution in [0.25, 0.3) is 16.9 Å². The van der Waals surface area contributed by atoms with Crippen molar-refractivity contribution < 1.29 is 21.2 Å². The number of benzene rings is 2. The van der Waals surface area contributed by atoms with Crippen LogP contribution < -0.4 is 0 Å². The number of aryl methyl sites for hydroxylation is 4. The van der Waals surface area contributed by atoms with Crippen LogP contribution in [-0.2, 0) is 29.3 Å². The Balaban J connectivity index is 0.00000571. The number of unbranched alkanes of at least 4 members (excludes halogenated alkanes) is 27. The van der Waals surface area contributed by atoms with Gasteiger partial charge in [0.05, 0.1) is 0 Å². The zero-order valence-corrected chi connectivity index (χ0v) is 45.4. The van der Waals surface area contributed by atoms with Crippen LogP contribution in [0, 0.1) is 27.7 Å². The van der Waals surface area contributed by atoms with Crippen LogP contribution >= 0.6 is 0 Å². The van der Waals surface area contributed by atoms with Crippen molar-refractivity contribution in [1.29, 1.82) is 0 Å². The summed E-state index contributed by atoms with van der Waals surface area (Å²) in [6.07, 6.45) is 49.5. The van der Waals surface area contributed by atoms with Crippen molar-refractivity contribution in [3.05, 3.63) is 126 Å². The summed E-state index contributed by atoms with van der Waals surface area (Å²) in [4.78, 5) is 0. The fraction of sp³-hybridized carbons (Fsp3) is 0.651. The van der Waals surface area contributed by atoms with E-state index in [-0.39, 0.29) is 16.5 Å². The van der Waals surface area contributed by atoms with Crippen molar-refractivity contribution in [3.63, 3.8) is 0 Å². The Labute approximate surface area is 422 Å². The Kier molecular flexibility index (Phi) is 41.7. The molecular formula is C63H104N2Ni. The van der Waals surface area contributed by atoms with Crippen LogP contribution in [0.1, 0.15) is 273 Å². The number of hydrogen-bond acceptors (Lipinski definition) is 0. The zero-order chi connectivity index (χ0) is 47.8. The molecule has 0 aromatic heterocycles. The molecule has 2 aromatic carbocycles. The minimum absolute atomic E-state index is 0. The molecule has 0 spiro atoms. The topological polar surface area (TPSA) is 25.3 Å². The predicted octanol–water partition coefficient (Wildman–Crippen LogP) is 21.5. The molecule has 0 fully saturated rings. The number of allylic oxidation sites excluding steroid dienone is 4. The molecule has 1 aliphatic rings. The third-order valence-corrected chi connectivity index (χ3v) is 13.1. The van der Waals surface area contributed by atoms with Crippen molar-refractivity contribution in [2.75, 3.05) is 0 Å². The molecule has 0 unspecified atom stereocenters. The normalized spacial score (nSPS) is 12.1. The number of nitrogens with zero attached hydrogens (tertiary/aromatic N) is 2. The minimum atomic E-state index is 0. The van der Waals surface area contributed by atoms with Crippen molar-refractivity contribution in [2.24, 2.45) is 0 Å². The molecular weight excluding hydrogens is 843 g/mol. The van der Waals surface area contributed by atoms with E-state index in [1.165, 1.54) is 243 Å². The number of hydrogen-bond donors (Lipinski definition) is 0. The van der Waals surface area contributed by atoms with Gasteiger partial charge in [-0.2, -0.15) is 0 Å². The first kappa shape index (κ1) is 63.2. The summed E-state index contributed by atoms with van der Waals surface area (Å²) in [6, 6.07) is 14.2. The van der Waals surface area contributed by atoms with E-state index >= 15 is 0 Å². The fourth-order valence-electron chi connectivity index (χ4n) is 9.68. The van der Waals surface area contributed by atoms with E-state index < -0.39 is 0 Å². The molecule has 1 aliphatic heterocycles. The van der Waals surface area contributed by atoms with E-state index in [2.05, 4.69) is 105 Å².